The van der Waals surface area contributed by atoms with Crippen LogP contribution in [0.25, 0.3) is 0 Å². The Balaban J connectivity index is 2.05. The largest absolute Gasteiger partial charge is 0.381 e. The topological polar surface area (TPSA) is 84.5 Å². The second-order valence-electron chi connectivity index (χ2n) is 4.73. The number of hydrogen-bond acceptors (Lipinski definition) is 4. The SMILES string of the molecule is C=CC(=O)Nc1ccc(S(=O)(=O)NC2CCOCC2)cc1. The van der Waals surface area contributed by atoms with E-state index in [-0.39, 0.29) is 16.8 Å². The number of ether oxygens (including phenoxy) is 1. The van der Waals surface area contributed by atoms with Gasteiger partial charge in [0.05, 0.1) is 4.90 Å². The fourth-order valence-electron chi connectivity index (χ4n) is 2.01. The van der Waals surface area contributed by atoms with Crippen molar-refractivity contribution in [1.82, 2.24) is 4.72 Å². The number of carbonyl (C=O) groups is 1. The Morgan fingerprint density at radius 1 is 1.24 bits per heavy atom. The predicted molar refractivity (Wildman–Crippen MR) is 79.4 cm³/mol. The van der Waals surface area contributed by atoms with Gasteiger partial charge in [0.15, 0.2) is 0 Å². The maximum atomic E-state index is 12.2. The predicted octanol–water partition coefficient (Wildman–Crippen LogP) is 1.27. The zero-order valence-electron chi connectivity index (χ0n) is 11.5. The van der Waals surface area contributed by atoms with Crippen LogP contribution in [-0.4, -0.2) is 33.6 Å². The maximum Gasteiger partial charge on any atom is 0.247 e. The molecule has 1 aliphatic rings. The number of anilines is 1. The number of rotatable bonds is 5. The van der Waals surface area contributed by atoms with Crippen LogP contribution in [0.1, 0.15) is 12.8 Å². The Morgan fingerprint density at radius 3 is 2.43 bits per heavy atom. The molecule has 1 aromatic carbocycles. The molecular weight excluding hydrogens is 292 g/mol. The number of benzene rings is 1. The van der Waals surface area contributed by atoms with E-state index >= 15 is 0 Å². The van der Waals surface area contributed by atoms with Gasteiger partial charge in [-0.1, -0.05) is 6.58 Å². The lowest BCUT2D eigenvalue weighted by Crippen LogP contribution is -2.38. The number of nitrogens with one attached hydrogen (secondary N) is 2. The lowest BCUT2D eigenvalue weighted by molar-refractivity contribution is -0.111. The van der Waals surface area contributed by atoms with Crippen molar-refractivity contribution >= 4 is 21.6 Å². The van der Waals surface area contributed by atoms with E-state index in [4.69, 9.17) is 4.74 Å². The summed E-state index contributed by atoms with van der Waals surface area (Å²) in [7, 11) is -3.55. The lowest BCUT2D eigenvalue weighted by atomic mass is 10.1. The average molecular weight is 310 g/mol. The first-order valence-electron chi connectivity index (χ1n) is 6.65. The third-order valence-corrected chi connectivity index (χ3v) is 4.70. The highest BCUT2D eigenvalue weighted by Gasteiger charge is 2.21. The summed E-state index contributed by atoms with van der Waals surface area (Å²) >= 11 is 0. The Hall–Kier alpha value is -1.70. The van der Waals surface area contributed by atoms with Crippen molar-refractivity contribution in [3.8, 4) is 0 Å². The van der Waals surface area contributed by atoms with Crippen LogP contribution in [-0.2, 0) is 19.6 Å². The molecule has 1 aromatic rings. The summed E-state index contributed by atoms with van der Waals surface area (Å²) in [6.45, 7) is 4.49. The van der Waals surface area contributed by atoms with E-state index in [9.17, 15) is 13.2 Å². The Morgan fingerprint density at radius 2 is 1.86 bits per heavy atom. The van der Waals surface area contributed by atoms with Gasteiger partial charge in [-0.15, -0.1) is 0 Å². The summed E-state index contributed by atoms with van der Waals surface area (Å²) in [4.78, 5) is 11.3. The average Bonchev–Trinajstić information content (AvgIpc) is 2.48. The molecule has 0 aliphatic carbocycles. The summed E-state index contributed by atoms with van der Waals surface area (Å²) in [5.41, 5.74) is 0.518. The van der Waals surface area contributed by atoms with Gasteiger partial charge in [0.25, 0.3) is 0 Å². The van der Waals surface area contributed by atoms with E-state index in [1.807, 2.05) is 0 Å². The molecule has 2 N–H and O–H groups in total. The zero-order valence-corrected chi connectivity index (χ0v) is 12.4. The molecule has 1 saturated heterocycles. The molecule has 0 atom stereocenters. The van der Waals surface area contributed by atoms with Crippen molar-refractivity contribution in [3.05, 3.63) is 36.9 Å². The van der Waals surface area contributed by atoms with E-state index in [1.165, 1.54) is 12.1 Å². The molecule has 0 radical (unpaired) electrons. The van der Waals surface area contributed by atoms with Crippen molar-refractivity contribution in [3.63, 3.8) is 0 Å². The van der Waals surface area contributed by atoms with Gasteiger partial charge in [0, 0.05) is 24.9 Å². The minimum Gasteiger partial charge on any atom is -0.381 e. The highest BCUT2D eigenvalue weighted by molar-refractivity contribution is 7.89. The van der Waals surface area contributed by atoms with Crippen LogP contribution in [0.2, 0.25) is 0 Å². The van der Waals surface area contributed by atoms with Crippen LogP contribution in [0.4, 0.5) is 5.69 Å². The van der Waals surface area contributed by atoms with Crippen molar-refractivity contribution in [2.75, 3.05) is 18.5 Å². The van der Waals surface area contributed by atoms with Gasteiger partial charge >= 0.3 is 0 Å². The zero-order chi connectivity index (χ0) is 15.3. The van der Waals surface area contributed by atoms with Gasteiger partial charge < -0.3 is 10.1 Å². The van der Waals surface area contributed by atoms with Gasteiger partial charge in [-0.3, -0.25) is 4.79 Å². The molecule has 1 aliphatic heterocycles. The molecule has 1 fully saturated rings. The first-order chi connectivity index (χ1) is 10.0. The maximum absolute atomic E-state index is 12.2. The summed E-state index contributed by atoms with van der Waals surface area (Å²) in [6, 6.07) is 5.91. The second-order valence-corrected chi connectivity index (χ2v) is 6.44. The Labute approximate surface area is 124 Å². The fourth-order valence-corrected chi connectivity index (χ4v) is 3.32. The van der Waals surface area contributed by atoms with Crippen LogP contribution >= 0.6 is 0 Å². The standard InChI is InChI=1S/C14H18N2O4S/c1-2-14(17)15-11-3-5-13(6-4-11)21(18,19)16-12-7-9-20-10-8-12/h2-6,12,16H,1,7-10H2,(H,15,17). The van der Waals surface area contributed by atoms with Crippen molar-refractivity contribution < 1.29 is 17.9 Å². The molecule has 0 aromatic heterocycles. The van der Waals surface area contributed by atoms with E-state index in [2.05, 4.69) is 16.6 Å². The highest BCUT2D eigenvalue weighted by atomic mass is 32.2. The first-order valence-corrected chi connectivity index (χ1v) is 8.13. The molecule has 0 bridgehead atoms. The smallest absolute Gasteiger partial charge is 0.247 e. The molecule has 7 heteroatoms. The fraction of sp³-hybridized carbons (Fsp3) is 0.357. The summed E-state index contributed by atoms with van der Waals surface area (Å²) in [5.74, 6) is -0.342. The van der Waals surface area contributed by atoms with Crippen molar-refractivity contribution in [2.45, 2.75) is 23.8 Å². The molecule has 114 valence electrons. The number of amides is 1. The third kappa shape index (κ3) is 4.38. The lowest BCUT2D eigenvalue weighted by Gasteiger charge is -2.23. The molecule has 21 heavy (non-hydrogen) atoms. The van der Waals surface area contributed by atoms with Gasteiger partial charge in [0.2, 0.25) is 15.9 Å². The van der Waals surface area contributed by atoms with Crippen LogP contribution in [0, 0.1) is 0 Å². The molecule has 0 unspecified atom stereocenters. The highest BCUT2D eigenvalue weighted by Crippen LogP contribution is 2.16. The van der Waals surface area contributed by atoms with Crippen LogP contribution in [0.3, 0.4) is 0 Å². The van der Waals surface area contributed by atoms with Crippen molar-refractivity contribution in [1.29, 1.82) is 0 Å². The summed E-state index contributed by atoms with van der Waals surface area (Å²) in [5, 5.41) is 2.56. The Kier molecular flexibility index (Phi) is 5.11. The summed E-state index contributed by atoms with van der Waals surface area (Å²) in [6.07, 6.45) is 2.50. The number of sulfonamides is 1. The van der Waals surface area contributed by atoms with E-state index < -0.39 is 10.0 Å². The van der Waals surface area contributed by atoms with Gasteiger partial charge in [-0.05, 0) is 43.2 Å². The normalized spacial score (nSPS) is 16.4. The summed E-state index contributed by atoms with van der Waals surface area (Å²) < 4.78 is 32.3. The quantitative estimate of drug-likeness (QED) is 0.802. The molecule has 0 saturated carbocycles. The molecule has 6 nitrogen and oxygen atoms in total. The van der Waals surface area contributed by atoms with Gasteiger partial charge in [-0.2, -0.15) is 0 Å². The monoisotopic (exact) mass is 310 g/mol. The van der Waals surface area contributed by atoms with E-state index in [0.717, 1.165) is 6.08 Å². The minimum absolute atomic E-state index is 0.0936. The first kappa shape index (κ1) is 15.7. The molecule has 1 heterocycles. The van der Waals surface area contributed by atoms with Crippen LogP contribution < -0.4 is 10.0 Å². The number of carbonyl (C=O) groups excluding carboxylic acids is 1. The number of hydrogen-bond donors (Lipinski definition) is 2. The van der Waals surface area contributed by atoms with Crippen LogP contribution in [0.5, 0.6) is 0 Å². The van der Waals surface area contributed by atoms with E-state index in [1.54, 1.807) is 12.1 Å². The molecule has 1 amide bonds. The van der Waals surface area contributed by atoms with Crippen molar-refractivity contribution in [2.24, 2.45) is 0 Å². The Bertz CT molecular complexity index is 604. The minimum atomic E-state index is -3.55. The third-order valence-electron chi connectivity index (χ3n) is 3.16. The van der Waals surface area contributed by atoms with E-state index in [0.29, 0.717) is 31.7 Å². The van der Waals surface area contributed by atoms with Gasteiger partial charge in [0.1, 0.15) is 0 Å². The molecule has 2 rings (SSSR count). The molecule has 0 spiro atoms. The molecular formula is C14H18N2O4S. The van der Waals surface area contributed by atoms with Gasteiger partial charge in [-0.25, -0.2) is 13.1 Å². The van der Waals surface area contributed by atoms with Crippen LogP contribution in [0.15, 0.2) is 41.8 Å². The second kappa shape index (κ2) is 6.84.